The van der Waals surface area contributed by atoms with Gasteiger partial charge in [-0.05, 0) is 51.5 Å². The zero-order valence-corrected chi connectivity index (χ0v) is 18.1. The Morgan fingerprint density at radius 2 is 1.82 bits per heavy atom. The largest absolute Gasteiger partial charge is 0.495 e. The summed E-state index contributed by atoms with van der Waals surface area (Å²) in [5, 5.41) is 2.72. The molecule has 0 heterocycles. The fraction of sp³-hybridized carbons (Fsp3) is 0.474. The van der Waals surface area contributed by atoms with E-state index in [1.54, 1.807) is 6.07 Å². The van der Waals surface area contributed by atoms with Crippen LogP contribution in [0.25, 0.3) is 6.08 Å². The Labute approximate surface area is 166 Å². The van der Waals surface area contributed by atoms with Crippen molar-refractivity contribution >= 4 is 28.0 Å². The lowest BCUT2D eigenvalue weighted by Gasteiger charge is -2.22. The summed E-state index contributed by atoms with van der Waals surface area (Å²) in [5.41, 5.74) is 0.0235. The first-order valence-electron chi connectivity index (χ1n) is 8.59. The minimum Gasteiger partial charge on any atom is -0.495 e. The summed E-state index contributed by atoms with van der Waals surface area (Å²) in [7, 11) is 0.484. The second-order valence-corrected chi connectivity index (χ2v) is 9.47. The monoisotopic (exact) mass is 412 g/mol. The third-order valence-electron chi connectivity index (χ3n) is 3.52. The average molecular weight is 413 g/mol. The van der Waals surface area contributed by atoms with Crippen LogP contribution in [-0.2, 0) is 24.3 Å². The third kappa shape index (κ3) is 6.65. The summed E-state index contributed by atoms with van der Waals surface area (Å²) < 4.78 is 36.1. The maximum Gasteiger partial charge on any atom is 0.331 e. The van der Waals surface area contributed by atoms with Crippen LogP contribution < -0.4 is 10.1 Å². The summed E-state index contributed by atoms with van der Waals surface area (Å²) >= 11 is 0. The third-order valence-corrected chi connectivity index (χ3v) is 5.35. The van der Waals surface area contributed by atoms with Crippen molar-refractivity contribution in [2.45, 2.75) is 44.2 Å². The Kier molecular flexibility index (Phi) is 7.77. The molecule has 1 aromatic rings. The Hall–Kier alpha value is -2.39. The van der Waals surface area contributed by atoms with Gasteiger partial charge in [0.2, 0.25) is 10.0 Å². The molecule has 0 fully saturated rings. The van der Waals surface area contributed by atoms with E-state index in [2.05, 4.69) is 5.32 Å². The van der Waals surface area contributed by atoms with Gasteiger partial charge in [0, 0.05) is 25.7 Å². The van der Waals surface area contributed by atoms with Crippen molar-refractivity contribution in [1.29, 1.82) is 0 Å². The first-order valence-corrected chi connectivity index (χ1v) is 10.0. The van der Waals surface area contributed by atoms with Gasteiger partial charge in [0.1, 0.15) is 10.6 Å². The maximum absolute atomic E-state index is 12.4. The molecule has 9 heteroatoms. The molecule has 0 unspecified atom stereocenters. The number of methoxy groups -OCH3 is 1. The molecule has 1 N–H and O–H groups in total. The van der Waals surface area contributed by atoms with Crippen molar-refractivity contribution < 1.29 is 27.5 Å². The van der Waals surface area contributed by atoms with Gasteiger partial charge in [-0.15, -0.1) is 0 Å². The Balaban J connectivity index is 2.95. The molecule has 0 bridgehead atoms. The first-order chi connectivity index (χ1) is 12.8. The quantitative estimate of drug-likeness (QED) is 0.541. The number of carbonyl (C=O) groups excluding carboxylic acids is 2. The van der Waals surface area contributed by atoms with Crippen molar-refractivity contribution in [1.82, 2.24) is 9.62 Å². The highest BCUT2D eigenvalue weighted by Gasteiger charge is 2.23. The number of sulfonamides is 1. The summed E-state index contributed by atoms with van der Waals surface area (Å²) in [6, 6.07) is 4.50. The van der Waals surface area contributed by atoms with E-state index in [4.69, 9.17) is 9.47 Å². The molecule has 156 valence electrons. The fourth-order valence-corrected chi connectivity index (χ4v) is 3.18. The lowest BCUT2D eigenvalue weighted by atomic mass is 10.1. The van der Waals surface area contributed by atoms with Crippen molar-refractivity contribution in [3.63, 3.8) is 0 Å². The van der Waals surface area contributed by atoms with Crippen molar-refractivity contribution in [2.75, 3.05) is 21.2 Å². The van der Waals surface area contributed by atoms with Crippen LogP contribution in [0.4, 0.5) is 0 Å². The van der Waals surface area contributed by atoms with Crippen molar-refractivity contribution in [3.05, 3.63) is 29.8 Å². The number of nitrogens with one attached hydrogen (secondary N) is 1. The van der Waals surface area contributed by atoms with Crippen LogP contribution in [0.5, 0.6) is 5.75 Å². The summed E-state index contributed by atoms with van der Waals surface area (Å²) in [6.07, 6.45) is 1.58. The standard InChI is InChI=1S/C19H28N2O6S/c1-13(18(23)20-19(2,3)4)27-17(22)11-9-14-8-10-15(26-7)16(12-14)28(24,25)21(5)6/h8-13H,1-7H3,(H,20,23)/b11-9+/t13-/m1/s1. The smallest absolute Gasteiger partial charge is 0.331 e. The van der Waals surface area contributed by atoms with E-state index >= 15 is 0 Å². The van der Waals surface area contributed by atoms with Gasteiger partial charge in [-0.3, -0.25) is 4.79 Å². The van der Waals surface area contributed by atoms with E-state index in [9.17, 15) is 18.0 Å². The second kappa shape index (κ2) is 9.20. The molecule has 0 aliphatic carbocycles. The minimum atomic E-state index is -3.72. The number of amides is 1. The molecule has 1 rings (SSSR count). The van der Waals surface area contributed by atoms with E-state index in [1.807, 2.05) is 20.8 Å². The van der Waals surface area contributed by atoms with Crippen LogP contribution in [0.2, 0.25) is 0 Å². The Morgan fingerprint density at radius 1 is 1.21 bits per heavy atom. The highest BCUT2D eigenvalue weighted by molar-refractivity contribution is 7.89. The summed E-state index contributed by atoms with van der Waals surface area (Å²) in [6.45, 7) is 6.94. The highest BCUT2D eigenvalue weighted by atomic mass is 32.2. The first kappa shape index (κ1) is 23.6. The Bertz CT molecular complexity index is 854. The number of rotatable bonds is 7. The number of esters is 1. The van der Waals surface area contributed by atoms with Gasteiger partial charge in [-0.25, -0.2) is 17.5 Å². The number of nitrogens with zero attached hydrogens (tertiary/aromatic N) is 1. The lowest BCUT2D eigenvalue weighted by molar-refractivity contribution is -0.150. The number of benzene rings is 1. The fourth-order valence-electron chi connectivity index (χ4n) is 2.10. The SMILES string of the molecule is COc1ccc(/C=C/C(=O)O[C@H](C)C(=O)NC(C)(C)C)cc1S(=O)(=O)N(C)C. The molecule has 1 atom stereocenters. The highest BCUT2D eigenvalue weighted by Crippen LogP contribution is 2.27. The van der Waals surface area contributed by atoms with Gasteiger partial charge in [-0.2, -0.15) is 0 Å². The maximum atomic E-state index is 12.4. The molecule has 0 aromatic heterocycles. The molecule has 8 nitrogen and oxygen atoms in total. The van der Waals surface area contributed by atoms with Gasteiger partial charge in [-0.1, -0.05) is 6.07 Å². The number of ether oxygens (including phenoxy) is 2. The molecular formula is C19H28N2O6S. The average Bonchev–Trinajstić information content (AvgIpc) is 2.57. The topological polar surface area (TPSA) is 102 Å². The van der Waals surface area contributed by atoms with Crippen molar-refractivity contribution in [3.8, 4) is 5.75 Å². The van der Waals surface area contributed by atoms with E-state index in [-0.39, 0.29) is 10.6 Å². The number of carbonyl (C=O) groups is 2. The van der Waals surface area contributed by atoms with Crippen LogP contribution in [-0.4, -0.2) is 57.4 Å². The molecule has 0 radical (unpaired) electrons. The summed E-state index contributed by atoms with van der Waals surface area (Å²) in [5.74, 6) is -0.927. The number of hydrogen-bond donors (Lipinski definition) is 1. The second-order valence-electron chi connectivity index (χ2n) is 7.35. The van der Waals surface area contributed by atoms with Gasteiger partial charge in [0.15, 0.2) is 6.10 Å². The van der Waals surface area contributed by atoms with Crippen LogP contribution >= 0.6 is 0 Å². The minimum absolute atomic E-state index is 0.0200. The van der Waals surface area contributed by atoms with Crippen LogP contribution in [0.15, 0.2) is 29.2 Å². The van der Waals surface area contributed by atoms with E-state index in [1.165, 1.54) is 46.3 Å². The molecular weight excluding hydrogens is 384 g/mol. The molecule has 0 spiro atoms. The Morgan fingerprint density at radius 3 is 2.32 bits per heavy atom. The zero-order chi connectivity index (χ0) is 21.7. The molecule has 0 saturated carbocycles. The normalized spacial score (nSPS) is 13.4. The predicted molar refractivity (Wildman–Crippen MR) is 106 cm³/mol. The van der Waals surface area contributed by atoms with Crippen LogP contribution in [0, 0.1) is 0 Å². The molecule has 28 heavy (non-hydrogen) atoms. The summed E-state index contributed by atoms with van der Waals surface area (Å²) in [4.78, 5) is 23.9. The molecule has 1 amide bonds. The number of hydrogen-bond acceptors (Lipinski definition) is 6. The molecule has 0 saturated heterocycles. The van der Waals surface area contributed by atoms with E-state index in [0.717, 1.165) is 10.4 Å². The van der Waals surface area contributed by atoms with Gasteiger partial charge in [0.05, 0.1) is 7.11 Å². The van der Waals surface area contributed by atoms with Gasteiger partial charge < -0.3 is 14.8 Å². The molecule has 0 aliphatic heterocycles. The predicted octanol–water partition coefficient (Wildman–Crippen LogP) is 1.81. The van der Waals surface area contributed by atoms with E-state index in [0.29, 0.717) is 5.56 Å². The lowest BCUT2D eigenvalue weighted by Crippen LogP contribution is -2.46. The molecule has 1 aromatic carbocycles. The van der Waals surface area contributed by atoms with Crippen LogP contribution in [0.3, 0.4) is 0 Å². The van der Waals surface area contributed by atoms with Gasteiger partial charge >= 0.3 is 5.97 Å². The van der Waals surface area contributed by atoms with Crippen molar-refractivity contribution in [2.24, 2.45) is 0 Å². The van der Waals surface area contributed by atoms with Gasteiger partial charge in [0.25, 0.3) is 5.91 Å². The molecule has 0 aliphatic rings. The zero-order valence-electron chi connectivity index (χ0n) is 17.3. The van der Waals surface area contributed by atoms with E-state index < -0.39 is 33.5 Å². The van der Waals surface area contributed by atoms with Crippen LogP contribution in [0.1, 0.15) is 33.3 Å².